The number of esters is 2. The lowest BCUT2D eigenvalue weighted by Crippen LogP contribution is -2.16. The van der Waals surface area contributed by atoms with Crippen LogP contribution in [0.25, 0.3) is 22.3 Å². The first-order valence-corrected chi connectivity index (χ1v) is 13.1. The van der Waals surface area contributed by atoms with Crippen molar-refractivity contribution in [3.63, 3.8) is 0 Å². The molecule has 6 nitrogen and oxygen atoms in total. The van der Waals surface area contributed by atoms with Crippen LogP contribution >= 0.6 is 0 Å². The normalized spacial score (nSPS) is 14.7. The van der Waals surface area contributed by atoms with E-state index in [0.717, 1.165) is 40.7 Å². The van der Waals surface area contributed by atoms with Gasteiger partial charge in [-0.25, -0.2) is 9.59 Å². The molecule has 0 aliphatic heterocycles. The molecule has 6 heteroatoms. The van der Waals surface area contributed by atoms with Crippen LogP contribution in [-0.2, 0) is 27.2 Å². The second-order valence-electron chi connectivity index (χ2n) is 10.3. The van der Waals surface area contributed by atoms with Gasteiger partial charge in [0.05, 0.1) is 6.61 Å². The maximum atomic E-state index is 12.2. The van der Waals surface area contributed by atoms with Gasteiger partial charge in [0.25, 0.3) is 0 Å². The average molecular weight is 539 g/mol. The largest absolute Gasteiger partial charge is 0.423 e. The molecule has 0 amide bonds. The zero-order chi connectivity index (χ0) is 29.0. The van der Waals surface area contributed by atoms with Crippen LogP contribution in [0.1, 0.15) is 30.5 Å². The molecule has 40 heavy (non-hydrogen) atoms. The summed E-state index contributed by atoms with van der Waals surface area (Å²) in [5.41, 5.74) is 8.00. The molecule has 0 radical (unpaired) electrons. The maximum absolute atomic E-state index is 12.2. The summed E-state index contributed by atoms with van der Waals surface area (Å²) in [4.78, 5) is 24.3. The van der Waals surface area contributed by atoms with Crippen LogP contribution in [-0.4, -0.2) is 29.9 Å². The molecule has 0 bridgehead atoms. The van der Waals surface area contributed by atoms with E-state index >= 15 is 0 Å². The molecule has 0 aromatic heterocycles. The van der Waals surface area contributed by atoms with Crippen LogP contribution < -0.4 is 9.47 Å². The first kappa shape index (κ1) is 28.7. The van der Waals surface area contributed by atoms with Gasteiger partial charge in [-0.05, 0) is 96.7 Å². The number of carbonyl (C=O) groups excluding carboxylic acids is 2. The molecule has 1 aliphatic carbocycles. The topological polar surface area (TPSA) is 82.1 Å². The summed E-state index contributed by atoms with van der Waals surface area (Å²) in [6, 6.07) is 17.6. The summed E-state index contributed by atoms with van der Waals surface area (Å²) in [7, 11) is 0. The fourth-order valence-corrected chi connectivity index (χ4v) is 4.71. The summed E-state index contributed by atoms with van der Waals surface area (Å²) in [5, 5.41) is 9.62. The smallest absolute Gasteiger partial charge is 0.338 e. The lowest BCUT2D eigenvalue weighted by molar-refractivity contribution is -0.130. The molecule has 0 spiro atoms. The van der Waals surface area contributed by atoms with Crippen molar-refractivity contribution in [3.05, 3.63) is 108 Å². The molecule has 3 aromatic rings. The molecule has 4 rings (SSSR count). The monoisotopic (exact) mass is 538 g/mol. The Balaban J connectivity index is 1.60. The molecule has 1 aliphatic rings. The molecular formula is C34H34O6. The molecule has 2 unspecified atom stereocenters. The number of aliphatic hydroxyl groups is 1. The van der Waals surface area contributed by atoms with Crippen LogP contribution in [0.3, 0.4) is 0 Å². The van der Waals surface area contributed by atoms with Crippen molar-refractivity contribution in [2.45, 2.75) is 39.9 Å². The van der Waals surface area contributed by atoms with Crippen molar-refractivity contribution in [1.82, 2.24) is 0 Å². The highest BCUT2D eigenvalue weighted by Crippen LogP contribution is 2.36. The van der Waals surface area contributed by atoms with Crippen molar-refractivity contribution in [3.8, 4) is 33.8 Å². The van der Waals surface area contributed by atoms with Gasteiger partial charge in [-0.15, -0.1) is 0 Å². The van der Waals surface area contributed by atoms with Gasteiger partial charge in [-0.2, -0.15) is 0 Å². The number of aliphatic hydroxyl groups excluding tert-OH is 1. The number of fused-ring (bicyclic) bond motifs is 1. The molecule has 3 aromatic carbocycles. The Bertz CT molecular complexity index is 1450. The average Bonchev–Trinajstić information content (AvgIpc) is 3.33. The Morgan fingerprint density at radius 3 is 2.05 bits per heavy atom. The van der Waals surface area contributed by atoms with Crippen LogP contribution in [0.2, 0.25) is 0 Å². The number of hydrogen-bond acceptors (Lipinski definition) is 6. The molecule has 2 atom stereocenters. The highest BCUT2D eigenvalue weighted by molar-refractivity contribution is 5.90. The van der Waals surface area contributed by atoms with E-state index in [0.29, 0.717) is 12.5 Å². The van der Waals surface area contributed by atoms with E-state index < -0.39 is 18.2 Å². The minimum absolute atomic E-state index is 0.245. The molecule has 0 saturated carbocycles. The van der Waals surface area contributed by atoms with Crippen molar-refractivity contribution < 1.29 is 28.9 Å². The van der Waals surface area contributed by atoms with Gasteiger partial charge in [0.1, 0.15) is 11.5 Å². The quantitative estimate of drug-likeness (QED) is 0.104. The number of benzene rings is 3. The summed E-state index contributed by atoms with van der Waals surface area (Å²) in [6.07, 6.45) is 2.26. The third kappa shape index (κ3) is 6.84. The highest BCUT2D eigenvalue weighted by Gasteiger charge is 2.23. The standard InChI is InChI=1S/C34H34O6/c1-7-32(35)38-19-23-13-25-8-9-26(15-27(25)14-23)31-11-10-24(12-22(31)6)28-16-29(39-33(36)20(2)3)18-30(17-28)40-34(37)21(4)5/h7-12,15-18,23,32,35H,1-2,4,13-14,19H2,3,5-6H3. The summed E-state index contributed by atoms with van der Waals surface area (Å²) in [5.74, 6) is -0.321. The Labute approximate surface area is 235 Å². The molecule has 0 saturated heterocycles. The zero-order valence-corrected chi connectivity index (χ0v) is 23.2. The Morgan fingerprint density at radius 2 is 1.48 bits per heavy atom. The van der Waals surface area contributed by atoms with Crippen LogP contribution in [0, 0.1) is 12.8 Å². The van der Waals surface area contributed by atoms with E-state index in [9.17, 15) is 14.7 Å². The highest BCUT2D eigenvalue weighted by atomic mass is 16.6. The predicted octanol–water partition coefficient (Wildman–Crippen LogP) is 6.53. The van der Waals surface area contributed by atoms with Gasteiger partial charge in [0.2, 0.25) is 0 Å². The lowest BCUT2D eigenvalue weighted by atomic mass is 9.94. The Kier molecular flexibility index (Phi) is 8.83. The first-order valence-electron chi connectivity index (χ1n) is 13.1. The third-order valence-electron chi connectivity index (χ3n) is 6.80. The van der Waals surface area contributed by atoms with E-state index in [1.165, 1.54) is 23.3 Å². The van der Waals surface area contributed by atoms with E-state index in [4.69, 9.17) is 14.2 Å². The van der Waals surface area contributed by atoms with Gasteiger partial charge in [0.15, 0.2) is 6.29 Å². The molecule has 0 fully saturated rings. The number of ether oxygens (including phenoxy) is 3. The van der Waals surface area contributed by atoms with E-state index in [1.807, 2.05) is 13.0 Å². The van der Waals surface area contributed by atoms with Crippen molar-refractivity contribution >= 4 is 11.9 Å². The van der Waals surface area contributed by atoms with E-state index in [1.54, 1.807) is 26.0 Å². The Hall–Kier alpha value is -4.26. The molecule has 0 heterocycles. The van der Waals surface area contributed by atoms with Gasteiger partial charge >= 0.3 is 11.9 Å². The van der Waals surface area contributed by atoms with Crippen LogP contribution in [0.5, 0.6) is 11.5 Å². The second-order valence-corrected chi connectivity index (χ2v) is 10.3. The fraction of sp³-hybridized carbons (Fsp3) is 0.235. The van der Waals surface area contributed by atoms with Gasteiger partial charge in [0, 0.05) is 17.2 Å². The SMILES string of the molecule is C=CC(O)OCC1Cc2ccc(-c3ccc(-c4cc(OC(=O)C(=C)C)cc(OC(=O)C(=C)C)c4)cc3C)cc2C1. The minimum Gasteiger partial charge on any atom is -0.423 e. The second kappa shape index (κ2) is 12.3. The predicted molar refractivity (Wildman–Crippen MR) is 156 cm³/mol. The molecule has 206 valence electrons. The number of rotatable bonds is 10. The summed E-state index contributed by atoms with van der Waals surface area (Å²) < 4.78 is 16.4. The van der Waals surface area contributed by atoms with Gasteiger partial charge in [-0.1, -0.05) is 56.1 Å². The molecule has 1 N–H and O–H groups in total. The van der Waals surface area contributed by atoms with E-state index in [2.05, 4.69) is 50.1 Å². The first-order chi connectivity index (χ1) is 19.0. The van der Waals surface area contributed by atoms with E-state index in [-0.39, 0.29) is 22.6 Å². The van der Waals surface area contributed by atoms with Crippen molar-refractivity contribution in [2.24, 2.45) is 5.92 Å². The fourth-order valence-electron chi connectivity index (χ4n) is 4.71. The third-order valence-corrected chi connectivity index (χ3v) is 6.80. The number of carbonyl (C=O) groups is 2. The van der Waals surface area contributed by atoms with Crippen LogP contribution in [0.15, 0.2) is 91.6 Å². The van der Waals surface area contributed by atoms with Gasteiger partial charge < -0.3 is 19.3 Å². The van der Waals surface area contributed by atoms with Gasteiger partial charge in [-0.3, -0.25) is 0 Å². The van der Waals surface area contributed by atoms with Crippen molar-refractivity contribution in [1.29, 1.82) is 0 Å². The minimum atomic E-state index is -0.937. The number of aryl methyl sites for hydroxylation is 1. The Morgan fingerprint density at radius 1 is 0.875 bits per heavy atom. The summed E-state index contributed by atoms with van der Waals surface area (Å²) in [6.45, 7) is 16.5. The number of hydrogen-bond donors (Lipinski definition) is 1. The molecular weight excluding hydrogens is 504 g/mol. The maximum Gasteiger partial charge on any atom is 0.338 e. The van der Waals surface area contributed by atoms with Crippen LogP contribution in [0.4, 0.5) is 0 Å². The summed E-state index contributed by atoms with van der Waals surface area (Å²) >= 11 is 0. The van der Waals surface area contributed by atoms with Crippen molar-refractivity contribution in [2.75, 3.05) is 6.61 Å². The lowest BCUT2D eigenvalue weighted by Gasteiger charge is -2.13. The zero-order valence-electron chi connectivity index (χ0n) is 23.2.